The van der Waals surface area contributed by atoms with Gasteiger partial charge in [0.05, 0.1) is 12.7 Å². The zero-order valence-corrected chi connectivity index (χ0v) is 11.0. The van der Waals surface area contributed by atoms with Gasteiger partial charge in [-0.05, 0) is 25.1 Å². The summed E-state index contributed by atoms with van der Waals surface area (Å²) in [4.78, 5) is 20.1. The van der Waals surface area contributed by atoms with Gasteiger partial charge in [-0.25, -0.2) is 4.98 Å². The van der Waals surface area contributed by atoms with Crippen LogP contribution in [0.1, 0.15) is 16.1 Å². The van der Waals surface area contributed by atoms with Crippen molar-refractivity contribution in [2.75, 3.05) is 18.2 Å². The second kappa shape index (κ2) is 5.43. The van der Waals surface area contributed by atoms with E-state index < -0.39 is 5.91 Å². The minimum Gasteiger partial charge on any atom is -0.508 e. The number of nitrogens with two attached hydrogens (primary N) is 1. The predicted molar refractivity (Wildman–Crippen MR) is 73.8 cm³/mol. The van der Waals surface area contributed by atoms with Crippen molar-refractivity contribution >= 4 is 17.5 Å². The number of methoxy groups -OCH3 is 1. The molecule has 0 bridgehead atoms. The van der Waals surface area contributed by atoms with E-state index >= 15 is 0 Å². The lowest BCUT2D eigenvalue weighted by Crippen LogP contribution is -2.16. The highest BCUT2D eigenvalue weighted by atomic mass is 16.5. The molecule has 0 aliphatic carbocycles. The van der Waals surface area contributed by atoms with Crippen molar-refractivity contribution < 1.29 is 14.6 Å². The van der Waals surface area contributed by atoms with Crippen molar-refractivity contribution in [3.8, 4) is 11.6 Å². The standard InChI is InChI=1S/C13H14N4O3/c1-7-5-11(20-2)16-13(15-7)17-12(19)9-6-8(18)3-4-10(9)14/h3-6,18H,14H2,1-2H3,(H,15,16,17,19). The van der Waals surface area contributed by atoms with E-state index in [1.54, 1.807) is 13.0 Å². The van der Waals surface area contributed by atoms with Crippen LogP contribution in [0.2, 0.25) is 0 Å². The van der Waals surface area contributed by atoms with Crippen LogP contribution in [0.15, 0.2) is 24.3 Å². The van der Waals surface area contributed by atoms with Crippen molar-refractivity contribution in [3.63, 3.8) is 0 Å². The summed E-state index contributed by atoms with van der Waals surface area (Å²) in [7, 11) is 1.47. The van der Waals surface area contributed by atoms with Crippen LogP contribution >= 0.6 is 0 Å². The lowest BCUT2D eigenvalue weighted by molar-refractivity contribution is 0.102. The number of aryl methyl sites for hydroxylation is 1. The molecule has 2 aromatic rings. The lowest BCUT2D eigenvalue weighted by atomic mass is 10.1. The number of nitrogen functional groups attached to an aromatic ring is 1. The molecule has 4 N–H and O–H groups in total. The van der Waals surface area contributed by atoms with Crippen LogP contribution in [0.25, 0.3) is 0 Å². The molecule has 104 valence electrons. The fourth-order valence-electron chi connectivity index (χ4n) is 1.61. The Morgan fingerprint density at radius 3 is 2.80 bits per heavy atom. The van der Waals surface area contributed by atoms with Crippen LogP contribution in [-0.4, -0.2) is 28.1 Å². The molecule has 0 aliphatic rings. The van der Waals surface area contributed by atoms with Gasteiger partial charge in [-0.2, -0.15) is 4.98 Å². The zero-order valence-electron chi connectivity index (χ0n) is 11.0. The first-order chi connectivity index (χ1) is 9.49. The molecule has 7 heteroatoms. The predicted octanol–water partition coefficient (Wildman–Crippen LogP) is 1.33. The third-order valence-corrected chi connectivity index (χ3v) is 2.55. The zero-order chi connectivity index (χ0) is 14.7. The molecular formula is C13H14N4O3. The van der Waals surface area contributed by atoms with Gasteiger partial charge in [0.1, 0.15) is 5.75 Å². The Kier molecular flexibility index (Phi) is 3.69. The number of carbonyl (C=O) groups is 1. The third-order valence-electron chi connectivity index (χ3n) is 2.55. The Balaban J connectivity index is 2.27. The largest absolute Gasteiger partial charge is 0.508 e. The molecule has 0 saturated carbocycles. The highest BCUT2D eigenvalue weighted by Gasteiger charge is 2.13. The quantitative estimate of drug-likeness (QED) is 0.575. The van der Waals surface area contributed by atoms with E-state index in [0.717, 1.165) is 0 Å². The van der Waals surface area contributed by atoms with Crippen molar-refractivity contribution in [1.82, 2.24) is 9.97 Å². The molecule has 0 spiro atoms. The van der Waals surface area contributed by atoms with Crippen LogP contribution in [-0.2, 0) is 0 Å². The number of amides is 1. The maximum atomic E-state index is 12.1. The highest BCUT2D eigenvalue weighted by Crippen LogP contribution is 2.20. The third kappa shape index (κ3) is 2.94. The number of benzene rings is 1. The number of nitrogens with one attached hydrogen (secondary N) is 1. The van der Waals surface area contributed by atoms with Gasteiger partial charge in [-0.3, -0.25) is 10.1 Å². The molecule has 7 nitrogen and oxygen atoms in total. The van der Waals surface area contributed by atoms with Gasteiger partial charge < -0.3 is 15.6 Å². The monoisotopic (exact) mass is 274 g/mol. The smallest absolute Gasteiger partial charge is 0.260 e. The minimum atomic E-state index is -0.508. The average Bonchev–Trinajstić information content (AvgIpc) is 2.40. The maximum Gasteiger partial charge on any atom is 0.260 e. The van der Waals surface area contributed by atoms with E-state index in [2.05, 4.69) is 15.3 Å². The fourth-order valence-corrected chi connectivity index (χ4v) is 1.61. The topological polar surface area (TPSA) is 110 Å². The van der Waals surface area contributed by atoms with Gasteiger partial charge in [-0.15, -0.1) is 0 Å². The second-order valence-corrected chi connectivity index (χ2v) is 4.10. The Labute approximate surface area is 115 Å². The lowest BCUT2D eigenvalue weighted by Gasteiger charge is -2.08. The number of ether oxygens (including phenoxy) is 1. The molecule has 0 atom stereocenters. The van der Waals surface area contributed by atoms with Gasteiger partial charge in [0.25, 0.3) is 5.91 Å². The molecule has 20 heavy (non-hydrogen) atoms. The van der Waals surface area contributed by atoms with E-state index in [0.29, 0.717) is 11.6 Å². The first-order valence-corrected chi connectivity index (χ1v) is 5.79. The summed E-state index contributed by atoms with van der Waals surface area (Å²) >= 11 is 0. The second-order valence-electron chi connectivity index (χ2n) is 4.10. The van der Waals surface area contributed by atoms with E-state index in [-0.39, 0.29) is 22.9 Å². The Morgan fingerprint density at radius 1 is 1.35 bits per heavy atom. The maximum absolute atomic E-state index is 12.1. The summed E-state index contributed by atoms with van der Waals surface area (Å²) in [5, 5.41) is 11.9. The van der Waals surface area contributed by atoms with Gasteiger partial charge in [0, 0.05) is 17.4 Å². The summed E-state index contributed by atoms with van der Waals surface area (Å²) in [5.74, 6) is -0.107. The molecule has 2 rings (SSSR count). The minimum absolute atomic E-state index is 0.0490. The molecule has 0 radical (unpaired) electrons. The van der Waals surface area contributed by atoms with Crippen LogP contribution in [0.3, 0.4) is 0 Å². The van der Waals surface area contributed by atoms with Crippen LogP contribution in [0.5, 0.6) is 11.6 Å². The Morgan fingerprint density at radius 2 is 2.10 bits per heavy atom. The van der Waals surface area contributed by atoms with Gasteiger partial charge in [0.15, 0.2) is 0 Å². The van der Waals surface area contributed by atoms with E-state index in [9.17, 15) is 9.90 Å². The normalized spacial score (nSPS) is 10.1. The van der Waals surface area contributed by atoms with Crippen molar-refractivity contribution in [2.45, 2.75) is 6.92 Å². The van der Waals surface area contributed by atoms with Gasteiger partial charge in [-0.1, -0.05) is 0 Å². The van der Waals surface area contributed by atoms with Crippen LogP contribution in [0.4, 0.5) is 11.6 Å². The molecule has 0 aliphatic heterocycles. The number of hydrogen-bond donors (Lipinski definition) is 3. The van der Waals surface area contributed by atoms with Crippen LogP contribution < -0.4 is 15.8 Å². The van der Waals surface area contributed by atoms with Crippen molar-refractivity contribution in [3.05, 3.63) is 35.5 Å². The summed E-state index contributed by atoms with van der Waals surface area (Å²) in [5.41, 5.74) is 6.74. The average molecular weight is 274 g/mol. The highest BCUT2D eigenvalue weighted by molar-refractivity contribution is 6.07. The number of aromatic nitrogens is 2. The van der Waals surface area contributed by atoms with Crippen molar-refractivity contribution in [1.29, 1.82) is 0 Å². The number of aromatic hydroxyl groups is 1. The van der Waals surface area contributed by atoms with Crippen molar-refractivity contribution in [2.24, 2.45) is 0 Å². The van der Waals surface area contributed by atoms with Crippen LogP contribution in [0, 0.1) is 6.92 Å². The summed E-state index contributed by atoms with van der Waals surface area (Å²) in [6.45, 7) is 1.75. The number of hydrogen-bond acceptors (Lipinski definition) is 6. The van der Waals surface area contributed by atoms with E-state index in [4.69, 9.17) is 10.5 Å². The van der Waals surface area contributed by atoms with E-state index in [1.807, 2.05) is 0 Å². The van der Waals surface area contributed by atoms with Gasteiger partial charge >= 0.3 is 0 Å². The molecular weight excluding hydrogens is 260 g/mol. The molecule has 0 unspecified atom stereocenters. The molecule has 0 saturated heterocycles. The first kappa shape index (κ1) is 13.6. The number of nitrogens with zero attached hydrogens (tertiary/aromatic N) is 2. The first-order valence-electron chi connectivity index (χ1n) is 5.79. The Hall–Kier alpha value is -2.83. The summed E-state index contributed by atoms with van der Waals surface area (Å²) < 4.78 is 5.00. The number of rotatable bonds is 3. The van der Waals surface area contributed by atoms with E-state index in [1.165, 1.54) is 25.3 Å². The number of phenolic OH excluding ortho intramolecular Hbond substituents is 1. The number of carbonyl (C=O) groups excluding carboxylic acids is 1. The number of phenols is 1. The van der Waals surface area contributed by atoms with Gasteiger partial charge in [0.2, 0.25) is 11.8 Å². The SMILES string of the molecule is COc1cc(C)nc(NC(=O)c2cc(O)ccc2N)n1. The Bertz CT molecular complexity index is 658. The molecule has 0 fully saturated rings. The summed E-state index contributed by atoms with van der Waals surface area (Å²) in [6, 6.07) is 5.76. The molecule has 1 amide bonds. The fraction of sp³-hybridized carbons (Fsp3) is 0.154. The molecule has 1 heterocycles. The summed E-state index contributed by atoms with van der Waals surface area (Å²) in [6.07, 6.45) is 0. The molecule has 1 aromatic carbocycles. The number of anilines is 2. The molecule has 1 aromatic heterocycles.